The van der Waals surface area contributed by atoms with Crippen LogP contribution in [0.25, 0.3) is 0 Å². The number of fused-ring (bicyclic) bond motifs is 3. The molecule has 118 valence electrons. The summed E-state index contributed by atoms with van der Waals surface area (Å²) < 4.78 is 10.4. The van der Waals surface area contributed by atoms with Crippen molar-refractivity contribution < 1.29 is 23.9 Å². The average molecular weight is 297 g/mol. The lowest BCUT2D eigenvalue weighted by atomic mass is 9.74. The highest BCUT2D eigenvalue weighted by molar-refractivity contribution is 5.94. The molecule has 0 aromatic heterocycles. The van der Waals surface area contributed by atoms with Gasteiger partial charge in [-0.1, -0.05) is 0 Å². The topological polar surface area (TPSA) is 72.9 Å². The zero-order valence-electron chi connectivity index (χ0n) is 13.0. The largest absolute Gasteiger partial charge is 0.464 e. The molecule has 2 unspecified atom stereocenters. The van der Waals surface area contributed by atoms with E-state index in [0.717, 1.165) is 6.42 Å². The van der Waals surface area contributed by atoms with Crippen LogP contribution in [0, 0.1) is 5.92 Å². The van der Waals surface area contributed by atoms with E-state index in [1.165, 1.54) is 4.90 Å². The van der Waals surface area contributed by atoms with Gasteiger partial charge in [0.15, 0.2) is 0 Å². The molecule has 6 nitrogen and oxygen atoms in total. The number of carbonyl (C=O) groups excluding carboxylic acids is 3. The first kappa shape index (κ1) is 15.8. The quantitative estimate of drug-likeness (QED) is 0.728. The smallest absolute Gasteiger partial charge is 0.411 e. The van der Waals surface area contributed by atoms with Crippen LogP contribution in [0.3, 0.4) is 0 Å². The van der Waals surface area contributed by atoms with E-state index in [4.69, 9.17) is 9.47 Å². The average Bonchev–Trinajstić information content (AvgIpc) is 2.36. The summed E-state index contributed by atoms with van der Waals surface area (Å²) >= 11 is 0. The van der Waals surface area contributed by atoms with Gasteiger partial charge in [0.25, 0.3) is 0 Å². The number of Topliss-reactive ketones (excluding diaryl/α,β-unsaturated/α-hetero) is 1. The molecule has 3 fully saturated rings. The van der Waals surface area contributed by atoms with E-state index < -0.39 is 29.6 Å². The van der Waals surface area contributed by atoms with Crippen LogP contribution in [-0.4, -0.2) is 47.0 Å². The predicted molar refractivity (Wildman–Crippen MR) is 74.6 cm³/mol. The minimum absolute atomic E-state index is 0.0455. The molecule has 3 rings (SSSR count). The number of hydrogen-bond donors (Lipinski definition) is 0. The van der Waals surface area contributed by atoms with Gasteiger partial charge in [-0.05, 0) is 40.5 Å². The fourth-order valence-electron chi connectivity index (χ4n) is 3.09. The third-order valence-corrected chi connectivity index (χ3v) is 3.87. The van der Waals surface area contributed by atoms with Gasteiger partial charge in [0, 0.05) is 18.4 Å². The number of ketones is 1. The van der Waals surface area contributed by atoms with Crippen LogP contribution >= 0.6 is 0 Å². The van der Waals surface area contributed by atoms with Gasteiger partial charge in [0.1, 0.15) is 17.4 Å². The highest BCUT2D eigenvalue weighted by atomic mass is 16.6. The number of hydrogen-bond acceptors (Lipinski definition) is 5. The maximum atomic E-state index is 12.4. The third kappa shape index (κ3) is 3.19. The van der Waals surface area contributed by atoms with Gasteiger partial charge in [-0.2, -0.15) is 0 Å². The Balaban J connectivity index is 2.25. The molecule has 0 radical (unpaired) electrons. The van der Waals surface area contributed by atoms with Crippen LogP contribution in [-0.2, 0) is 19.1 Å². The van der Waals surface area contributed by atoms with Crippen molar-refractivity contribution >= 4 is 17.8 Å². The Labute approximate surface area is 124 Å². The van der Waals surface area contributed by atoms with Gasteiger partial charge in [0.2, 0.25) is 0 Å². The minimum atomic E-state index is -0.834. The van der Waals surface area contributed by atoms with Gasteiger partial charge in [-0.25, -0.2) is 9.59 Å². The first-order chi connectivity index (χ1) is 9.74. The Kier molecular flexibility index (Phi) is 4.25. The summed E-state index contributed by atoms with van der Waals surface area (Å²) in [5, 5.41) is 0. The van der Waals surface area contributed by atoms with Crippen molar-refractivity contribution in [2.24, 2.45) is 5.92 Å². The van der Waals surface area contributed by atoms with Crippen LogP contribution in [0.15, 0.2) is 0 Å². The lowest BCUT2D eigenvalue weighted by Crippen LogP contribution is -2.64. The van der Waals surface area contributed by atoms with E-state index >= 15 is 0 Å². The molecular formula is C15H23NO5. The van der Waals surface area contributed by atoms with E-state index in [-0.39, 0.29) is 18.4 Å². The zero-order valence-corrected chi connectivity index (χ0v) is 13.0. The molecule has 6 heteroatoms. The standard InChI is InChI=1S/C15H23NO5/c1-5-20-13(18)12-10-7-6-9(8-11(10)17)16(12)14(19)21-15(2,3)4/h9-10,12H,5-8H2,1-4H3/t9?,10?,12-/m1/s1. The molecule has 2 aliphatic heterocycles. The lowest BCUT2D eigenvalue weighted by molar-refractivity contribution is -0.162. The molecule has 2 saturated heterocycles. The summed E-state index contributed by atoms with van der Waals surface area (Å²) in [6.45, 7) is 7.26. The molecule has 0 N–H and O–H groups in total. The summed E-state index contributed by atoms with van der Waals surface area (Å²) in [4.78, 5) is 38.1. The van der Waals surface area contributed by atoms with E-state index in [0.29, 0.717) is 12.8 Å². The monoisotopic (exact) mass is 297 g/mol. The normalized spacial score (nSPS) is 28.5. The highest BCUT2D eigenvalue weighted by Crippen LogP contribution is 2.38. The van der Waals surface area contributed by atoms with Crippen molar-refractivity contribution in [2.45, 2.75) is 64.6 Å². The fourth-order valence-corrected chi connectivity index (χ4v) is 3.09. The number of ether oxygens (including phenoxy) is 2. The van der Waals surface area contributed by atoms with Crippen LogP contribution in [0.5, 0.6) is 0 Å². The molecule has 2 bridgehead atoms. The van der Waals surface area contributed by atoms with Crippen molar-refractivity contribution in [1.82, 2.24) is 4.90 Å². The van der Waals surface area contributed by atoms with Gasteiger partial charge in [-0.3, -0.25) is 9.69 Å². The van der Waals surface area contributed by atoms with Gasteiger partial charge in [-0.15, -0.1) is 0 Å². The molecule has 1 aliphatic carbocycles. The summed E-state index contributed by atoms with van der Waals surface area (Å²) in [6, 6.07) is -1.09. The van der Waals surface area contributed by atoms with Crippen molar-refractivity contribution in [3.8, 4) is 0 Å². The summed E-state index contributed by atoms with van der Waals surface area (Å²) in [5.41, 5.74) is -0.642. The molecular weight excluding hydrogens is 274 g/mol. The highest BCUT2D eigenvalue weighted by Gasteiger charge is 2.53. The first-order valence-electron chi connectivity index (χ1n) is 7.45. The maximum Gasteiger partial charge on any atom is 0.411 e. The van der Waals surface area contributed by atoms with E-state index in [2.05, 4.69) is 0 Å². The molecule has 0 aromatic rings. The Morgan fingerprint density at radius 3 is 2.48 bits per heavy atom. The number of esters is 1. The maximum absolute atomic E-state index is 12.4. The summed E-state index contributed by atoms with van der Waals surface area (Å²) in [7, 11) is 0. The van der Waals surface area contributed by atoms with Crippen molar-refractivity contribution in [1.29, 1.82) is 0 Å². The summed E-state index contributed by atoms with van der Waals surface area (Å²) in [6.07, 6.45) is 1.13. The second kappa shape index (κ2) is 5.66. The fraction of sp³-hybridized carbons (Fsp3) is 0.800. The predicted octanol–water partition coefficient (Wildman–Crippen LogP) is 1.91. The molecule has 3 atom stereocenters. The number of piperidine rings is 2. The van der Waals surface area contributed by atoms with Crippen molar-refractivity contribution in [3.05, 3.63) is 0 Å². The molecule has 21 heavy (non-hydrogen) atoms. The van der Waals surface area contributed by atoms with Gasteiger partial charge < -0.3 is 9.47 Å². The molecule has 0 spiro atoms. The van der Waals surface area contributed by atoms with Crippen LogP contribution in [0.2, 0.25) is 0 Å². The Morgan fingerprint density at radius 1 is 1.29 bits per heavy atom. The van der Waals surface area contributed by atoms with E-state index in [1.54, 1.807) is 27.7 Å². The Bertz CT molecular complexity index is 453. The molecule has 1 amide bonds. The summed E-state index contributed by atoms with van der Waals surface area (Å²) in [5.74, 6) is -0.920. The molecule has 2 heterocycles. The van der Waals surface area contributed by atoms with Gasteiger partial charge >= 0.3 is 12.1 Å². The SMILES string of the molecule is CCOC(=O)[C@H]1C2CCC(CC2=O)N1C(=O)OC(C)(C)C. The number of rotatable bonds is 2. The third-order valence-electron chi connectivity index (χ3n) is 3.87. The molecule has 0 aromatic carbocycles. The van der Waals surface area contributed by atoms with E-state index in [1.807, 2.05) is 0 Å². The Hall–Kier alpha value is -1.59. The molecule has 1 saturated carbocycles. The number of amides is 1. The van der Waals surface area contributed by atoms with Crippen LogP contribution in [0.1, 0.15) is 47.0 Å². The number of carbonyl (C=O) groups is 3. The Morgan fingerprint density at radius 2 is 1.95 bits per heavy atom. The zero-order chi connectivity index (χ0) is 15.8. The first-order valence-corrected chi connectivity index (χ1v) is 7.45. The lowest BCUT2D eigenvalue weighted by Gasteiger charge is -2.48. The second-order valence-corrected chi connectivity index (χ2v) is 6.59. The van der Waals surface area contributed by atoms with E-state index in [9.17, 15) is 14.4 Å². The van der Waals surface area contributed by atoms with Crippen molar-refractivity contribution in [3.63, 3.8) is 0 Å². The van der Waals surface area contributed by atoms with Crippen molar-refractivity contribution in [2.75, 3.05) is 6.61 Å². The van der Waals surface area contributed by atoms with Crippen LogP contribution in [0.4, 0.5) is 4.79 Å². The minimum Gasteiger partial charge on any atom is -0.464 e. The van der Waals surface area contributed by atoms with Crippen LogP contribution < -0.4 is 0 Å². The number of nitrogens with zero attached hydrogens (tertiary/aromatic N) is 1. The second-order valence-electron chi connectivity index (χ2n) is 6.59. The van der Waals surface area contributed by atoms with Gasteiger partial charge in [0.05, 0.1) is 6.61 Å². The molecule has 3 aliphatic rings.